The molecule has 6 rings (SSSR count). The van der Waals surface area contributed by atoms with Gasteiger partial charge in [0.05, 0.1) is 10.9 Å². The Balaban J connectivity index is 1.56. The molecule has 1 heteroatoms. The number of hydrogen-bond acceptors (Lipinski definition) is 0. The average molecular weight is 447 g/mol. The number of fused-ring (bicyclic) bond motifs is 4. The van der Waals surface area contributed by atoms with Crippen molar-refractivity contribution in [3.63, 3.8) is 0 Å². The van der Waals surface area contributed by atoms with Gasteiger partial charge in [0.1, 0.15) is 7.05 Å². The van der Waals surface area contributed by atoms with Crippen LogP contribution in [0.5, 0.6) is 0 Å². The molecule has 0 N–H and O–H groups in total. The molecule has 1 aromatic heterocycles. The minimum absolute atomic E-state index is 0.0146. The van der Waals surface area contributed by atoms with Gasteiger partial charge in [0, 0.05) is 18.4 Å². The first-order chi connectivity index (χ1) is 16.4. The van der Waals surface area contributed by atoms with Gasteiger partial charge < -0.3 is 0 Å². The van der Waals surface area contributed by atoms with Gasteiger partial charge in [0.15, 0.2) is 5.69 Å². The van der Waals surface area contributed by atoms with E-state index in [2.05, 4.69) is 100.0 Å². The lowest BCUT2D eigenvalue weighted by molar-refractivity contribution is -0.665. The number of aryl methyl sites for hydroxylation is 2. The summed E-state index contributed by atoms with van der Waals surface area (Å²) in [5.41, 5.74) is 12.6. The van der Waals surface area contributed by atoms with Crippen LogP contribution in [0.1, 0.15) is 79.8 Å². The molecule has 0 spiro atoms. The van der Waals surface area contributed by atoms with Crippen LogP contribution >= 0.6 is 0 Å². The maximum absolute atomic E-state index is 2.49. The maximum Gasteiger partial charge on any atom is 0.220 e. The van der Waals surface area contributed by atoms with Crippen LogP contribution in [0.4, 0.5) is 0 Å². The van der Waals surface area contributed by atoms with Crippen LogP contribution in [0.25, 0.3) is 33.2 Å². The molecule has 0 amide bonds. The van der Waals surface area contributed by atoms with Crippen LogP contribution in [0.15, 0.2) is 60.7 Å². The van der Waals surface area contributed by atoms with Crippen molar-refractivity contribution in [2.75, 3.05) is 0 Å². The SMILES string of the molecule is Cc1cc2c(cc1-c1c3ccc(C4CCCCC4)cc3cc(C)[n+]1C)C(C)(C)c1ccccc1-2. The molecule has 3 aromatic carbocycles. The summed E-state index contributed by atoms with van der Waals surface area (Å²) >= 11 is 0. The summed E-state index contributed by atoms with van der Waals surface area (Å²) in [6.45, 7) is 9.29. The van der Waals surface area contributed by atoms with E-state index in [4.69, 9.17) is 0 Å². The van der Waals surface area contributed by atoms with Gasteiger partial charge in [-0.1, -0.05) is 75.6 Å². The number of nitrogens with zero attached hydrogens (tertiary/aromatic N) is 1. The first-order valence-corrected chi connectivity index (χ1v) is 13.0. The molecule has 34 heavy (non-hydrogen) atoms. The third kappa shape index (κ3) is 3.17. The summed E-state index contributed by atoms with van der Waals surface area (Å²) < 4.78 is 2.40. The molecule has 2 aliphatic rings. The quantitative estimate of drug-likeness (QED) is 0.273. The molecular formula is C33H36N+. The fraction of sp³-hybridized carbons (Fsp3) is 0.364. The lowest BCUT2D eigenvalue weighted by atomic mass is 9.81. The molecule has 0 unspecified atom stereocenters. The molecule has 2 aliphatic carbocycles. The predicted molar refractivity (Wildman–Crippen MR) is 143 cm³/mol. The minimum Gasteiger partial charge on any atom is -0.198 e. The molecule has 1 nitrogen and oxygen atoms in total. The fourth-order valence-corrected chi connectivity index (χ4v) is 6.72. The predicted octanol–water partition coefficient (Wildman–Crippen LogP) is 8.30. The minimum atomic E-state index is 0.0146. The monoisotopic (exact) mass is 446 g/mol. The highest BCUT2D eigenvalue weighted by Gasteiger charge is 2.36. The number of aromatic nitrogens is 1. The molecule has 1 saturated carbocycles. The fourth-order valence-electron chi connectivity index (χ4n) is 6.72. The number of hydrogen-bond donors (Lipinski definition) is 0. The zero-order valence-corrected chi connectivity index (χ0v) is 21.3. The van der Waals surface area contributed by atoms with E-state index in [1.807, 2.05) is 0 Å². The zero-order chi connectivity index (χ0) is 23.6. The largest absolute Gasteiger partial charge is 0.220 e. The van der Waals surface area contributed by atoms with Crippen LogP contribution in [0.3, 0.4) is 0 Å². The zero-order valence-electron chi connectivity index (χ0n) is 21.3. The van der Waals surface area contributed by atoms with E-state index in [-0.39, 0.29) is 5.41 Å². The van der Waals surface area contributed by atoms with Gasteiger partial charge in [-0.05, 0) is 76.6 Å². The Morgan fingerprint density at radius 3 is 2.32 bits per heavy atom. The molecule has 0 saturated heterocycles. The van der Waals surface area contributed by atoms with E-state index < -0.39 is 0 Å². The topological polar surface area (TPSA) is 3.88 Å². The molecule has 1 heterocycles. The number of pyridine rings is 1. The molecule has 0 atom stereocenters. The van der Waals surface area contributed by atoms with Gasteiger partial charge in [-0.2, -0.15) is 4.57 Å². The normalized spacial score (nSPS) is 17.1. The molecule has 1 fully saturated rings. The van der Waals surface area contributed by atoms with E-state index in [0.29, 0.717) is 0 Å². The average Bonchev–Trinajstić information content (AvgIpc) is 3.06. The lowest BCUT2D eigenvalue weighted by Gasteiger charge is -2.23. The first kappa shape index (κ1) is 21.6. The Labute approximate surface area is 204 Å². The van der Waals surface area contributed by atoms with Gasteiger partial charge in [-0.3, -0.25) is 0 Å². The van der Waals surface area contributed by atoms with Crippen molar-refractivity contribution >= 4 is 10.8 Å². The molecule has 4 aromatic rings. The van der Waals surface area contributed by atoms with Crippen LogP contribution < -0.4 is 4.57 Å². The highest BCUT2D eigenvalue weighted by Crippen LogP contribution is 2.50. The summed E-state index contributed by atoms with van der Waals surface area (Å²) in [6.07, 6.45) is 6.85. The van der Waals surface area contributed by atoms with Crippen molar-refractivity contribution in [1.82, 2.24) is 0 Å². The van der Waals surface area contributed by atoms with Gasteiger partial charge >= 0.3 is 0 Å². The molecular weight excluding hydrogens is 410 g/mol. The Morgan fingerprint density at radius 2 is 1.53 bits per heavy atom. The summed E-state index contributed by atoms with van der Waals surface area (Å²) in [5.74, 6) is 0.733. The Morgan fingerprint density at radius 1 is 0.765 bits per heavy atom. The molecule has 172 valence electrons. The van der Waals surface area contributed by atoms with Gasteiger partial charge in [0.2, 0.25) is 5.69 Å². The van der Waals surface area contributed by atoms with Crippen molar-refractivity contribution in [2.24, 2.45) is 7.05 Å². The van der Waals surface area contributed by atoms with Gasteiger partial charge in [0.25, 0.3) is 0 Å². The van der Waals surface area contributed by atoms with E-state index >= 15 is 0 Å². The number of benzene rings is 3. The smallest absolute Gasteiger partial charge is 0.198 e. The summed E-state index contributed by atoms with van der Waals surface area (Å²) in [4.78, 5) is 0. The maximum atomic E-state index is 2.49. The summed E-state index contributed by atoms with van der Waals surface area (Å²) in [5, 5.41) is 2.75. The Kier molecular flexibility index (Phi) is 4.96. The highest BCUT2D eigenvalue weighted by atomic mass is 14.9. The second-order valence-corrected chi connectivity index (χ2v) is 11.3. The van der Waals surface area contributed by atoms with Crippen molar-refractivity contribution in [2.45, 2.75) is 71.1 Å². The second-order valence-electron chi connectivity index (χ2n) is 11.3. The summed E-state index contributed by atoms with van der Waals surface area (Å²) in [6, 6.07) is 23.6. The van der Waals surface area contributed by atoms with E-state index in [1.54, 1.807) is 0 Å². The van der Waals surface area contributed by atoms with Crippen molar-refractivity contribution in [3.8, 4) is 22.4 Å². The molecule has 0 aliphatic heterocycles. The van der Waals surface area contributed by atoms with E-state index in [0.717, 1.165) is 5.92 Å². The standard InChI is InChI=1S/C33H36N/c1-21-17-29-27-13-9-10-14-30(27)33(3,4)31(29)20-28(21)32-26-16-15-24(23-11-7-6-8-12-23)19-25(26)18-22(2)34(32)5/h9-10,13-20,23H,6-8,11-12H2,1-5H3/q+1. The highest BCUT2D eigenvalue weighted by molar-refractivity contribution is 5.95. The first-order valence-electron chi connectivity index (χ1n) is 13.0. The Hall–Kier alpha value is -2.93. The van der Waals surface area contributed by atoms with E-state index in [9.17, 15) is 0 Å². The lowest BCUT2D eigenvalue weighted by Crippen LogP contribution is -2.35. The van der Waals surface area contributed by atoms with Crippen molar-refractivity contribution < 1.29 is 4.57 Å². The molecule has 0 radical (unpaired) electrons. The third-order valence-electron chi connectivity index (χ3n) is 8.82. The van der Waals surface area contributed by atoms with Gasteiger partial charge in [-0.25, -0.2) is 0 Å². The number of rotatable bonds is 2. The Bertz CT molecular complexity index is 1430. The second kappa shape index (κ2) is 7.80. The van der Waals surface area contributed by atoms with Crippen LogP contribution in [0, 0.1) is 13.8 Å². The van der Waals surface area contributed by atoms with Gasteiger partial charge in [-0.15, -0.1) is 0 Å². The van der Waals surface area contributed by atoms with Crippen molar-refractivity contribution in [1.29, 1.82) is 0 Å². The molecule has 0 bridgehead atoms. The van der Waals surface area contributed by atoms with Crippen molar-refractivity contribution in [3.05, 3.63) is 88.6 Å². The van der Waals surface area contributed by atoms with Crippen LogP contribution in [-0.4, -0.2) is 0 Å². The van der Waals surface area contributed by atoms with Crippen LogP contribution in [-0.2, 0) is 12.5 Å². The van der Waals surface area contributed by atoms with E-state index in [1.165, 1.54) is 93.2 Å². The summed E-state index contributed by atoms with van der Waals surface area (Å²) in [7, 11) is 2.23. The third-order valence-corrected chi connectivity index (χ3v) is 8.82. The van der Waals surface area contributed by atoms with Crippen LogP contribution in [0.2, 0.25) is 0 Å².